The number of hydrogen-bond donors (Lipinski definition) is 3. The Morgan fingerprint density at radius 1 is 1.45 bits per heavy atom. The van der Waals surface area contributed by atoms with E-state index in [-0.39, 0.29) is 5.91 Å². The number of rotatable bonds is 7. The van der Waals surface area contributed by atoms with Crippen molar-refractivity contribution < 1.29 is 4.79 Å². The van der Waals surface area contributed by atoms with Crippen molar-refractivity contribution in [3.63, 3.8) is 0 Å². The molecule has 108 valence electrons. The topological polar surface area (TPSA) is 67.1 Å². The maximum absolute atomic E-state index is 11.5. The highest BCUT2D eigenvalue weighted by molar-refractivity contribution is 9.10. The lowest BCUT2D eigenvalue weighted by Crippen LogP contribution is -2.25. The first-order valence-electron chi connectivity index (χ1n) is 6.69. The number of carbonyl (C=O) groups is 1. The Hall–Kier alpha value is -1.14. The van der Waals surface area contributed by atoms with Crippen LogP contribution in [-0.2, 0) is 4.79 Å². The molecule has 4 N–H and O–H groups in total. The third-order valence-corrected chi connectivity index (χ3v) is 3.98. The molecular formula is C14H18BrN3OS. The fraction of sp³-hybridized carbons (Fsp3) is 0.429. The van der Waals surface area contributed by atoms with Gasteiger partial charge in [-0.15, -0.1) is 0 Å². The summed E-state index contributed by atoms with van der Waals surface area (Å²) in [6, 6.07) is 6.15. The molecule has 20 heavy (non-hydrogen) atoms. The van der Waals surface area contributed by atoms with E-state index in [1.54, 1.807) is 0 Å². The lowest BCUT2D eigenvalue weighted by Gasteiger charge is -2.10. The van der Waals surface area contributed by atoms with Crippen molar-refractivity contribution in [2.75, 3.05) is 11.9 Å². The number of benzene rings is 1. The van der Waals surface area contributed by atoms with Gasteiger partial charge in [-0.1, -0.05) is 12.2 Å². The number of anilines is 1. The Morgan fingerprint density at radius 3 is 2.80 bits per heavy atom. The first-order valence-corrected chi connectivity index (χ1v) is 7.89. The van der Waals surface area contributed by atoms with Gasteiger partial charge in [0.25, 0.3) is 0 Å². The molecule has 6 heteroatoms. The summed E-state index contributed by atoms with van der Waals surface area (Å²) in [5.41, 5.74) is 7.39. The molecule has 1 amide bonds. The molecule has 0 aliphatic heterocycles. The average molecular weight is 356 g/mol. The molecule has 0 heterocycles. The second kappa shape index (κ2) is 7.04. The summed E-state index contributed by atoms with van der Waals surface area (Å²) in [4.78, 5) is 11.9. The van der Waals surface area contributed by atoms with E-state index < -0.39 is 0 Å². The fourth-order valence-corrected chi connectivity index (χ4v) is 2.46. The van der Waals surface area contributed by atoms with Crippen LogP contribution in [0.25, 0.3) is 0 Å². The smallest absolute Gasteiger partial charge is 0.220 e. The molecule has 0 bridgehead atoms. The summed E-state index contributed by atoms with van der Waals surface area (Å²) < 4.78 is 0.922. The minimum absolute atomic E-state index is 0.150. The summed E-state index contributed by atoms with van der Waals surface area (Å²) in [5.74, 6) is 0.150. The SMILES string of the molecule is NC(=S)c1ccc(NCCCC(=O)NC2CC2)c(Br)c1. The van der Waals surface area contributed by atoms with Crippen LogP contribution in [0.2, 0.25) is 0 Å². The monoisotopic (exact) mass is 355 g/mol. The zero-order valence-corrected chi connectivity index (χ0v) is 13.5. The molecule has 0 spiro atoms. The Kier molecular flexibility index (Phi) is 5.37. The summed E-state index contributed by atoms with van der Waals surface area (Å²) in [5, 5.41) is 6.27. The van der Waals surface area contributed by atoms with Gasteiger partial charge in [-0.2, -0.15) is 0 Å². The van der Waals surface area contributed by atoms with Crippen LogP contribution in [0.3, 0.4) is 0 Å². The van der Waals surface area contributed by atoms with Crippen molar-refractivity contribution in [3.05, 3.63) is 28.2 Å². The van der Waals surface area contributed by atoms with Gasteiger partial charge in [0.15, 0.2) is 0 Å². The number of carbonyl (C=O) groups excluding carboxylic acids is 1. The highest BCUT2D eigenvalue weighted by atomic mass is 79.9. The van der Waals surface area contributed by atoms with Crippen molar-refractivity contribution in [1.82, 2.24) is 5.32 Å². The first kappa shape index (κ1) is 15.3. The summed E-state index contributed by atoms with van der Waals surface area (Å²) in [7, 11) is 0. The normalized spacial score (nSPS) is 13.8. The van der Waals surface area contributed by atoms with Gasteiger partial charge in [-0.25, -0.2) is 0 Å². The van der Waals surface area contributed by atoms with Crippen LogP contribution in [0.15, 0.2) is 22.7 Å². The average Bonchev–Trinajstić information content (AvgIpc) is 3.19. The molecule has 1 aromatic rings. The Bertz CT molecular complexity index is 517. The molecule has 0 saturated heterocycles. The second-order valence-corrected chi connectivity index (χ2v) is 6.23. The van der Waals surface area contributed by atoms with E-state index in [4.69, 9.17) is 18.0 Å². The van der Waals surface area contributed by atoms with Crippen molar-refractivity contribution in [2.24, 2.45) is 5.73 Å². The van der Waals surface area contributed by atoms with Crippen molar-refractivity contribution in [2.45, 2.75) is 31.7 Å². The molecule has 0 atom stereocenters. The Labute approximate surface area is 132 Å². The van der Waals surface area contributed by atoms with E-state index in [0.29, 0.717) is 17.5 Å². The van der Waals surface area contributed by atoms with E-state index in [1.165, 1.54) is 0 Å². The van der Waals surface area contributed by atoms with E-state index in [9.17, 15) is 4.79 Å². The van der Waals surface area contributed by atoms with Crippen molar-refractivity contribution in [1.29, 1.82) is 0 Å². The minimum Gasteiger partial charge on any atom is -0.389 e. The lowest BCUT2D eigenvalue weighted by atomic mass is 10.2. The highest BCUT2D eigenvalue weighted by Crippen LogP contribution is 2.23. The van der Waals surface area contributed by atoms with Gasteiger partial charge >= 0.3 is 0 Å². The molecule has 1 aliphatic carbocycles. The van der Waals surface area contributed by atoms with Crippen LogP contribution in [0.5, 0.6) is 0 Å². The number of halogens is 1. The fourth-order valence-electron chi connectivity index (χ4n) is 1.81. The number of thiocarbonyl (C=S) groups is 1. The number of amides is 1. The predicted molar refractivity (Wildman–Crippen MR) is 88.9 cm³/mol. The molecule has 1 fully saturated rings. The molecule has 0 unspecified atom stereocenters. The molecule has 1 aromatic carbocycles. The van der Waals surface area contributed by atoms with Gasteiger partial charge < -0.3 is 16.4 Å². The number of nitrogens with two attached hydrogens (primary N) is 1. The first-order chi connectivity index (χ1) is 9.56. The minimum atomic E-state index is 0.150. The maximum atomic E-state index is 11.5. The lowest BCUT2D eigenvalue weighted by molar-refractivity contribution is -0.121. The zero-order chi connectivity index (χ0) is 14.5. The van der Waals surface area contributed by atoms with E-state index in [0.717, 1.165) is 41.5 Å². The third-order valence-electron chi connectivity index (χ3n) is 3.09. The van der Waals surface area contributed by atoms with Gasteiger partial charge in [0, 0.05) is 34.7 Å². The summed E-state index contributed by atoms with van der Waals surface area (Å²) >= 11 is 8.41. The van der Waals surface area contributed by atoms with Crippen LogP contribution in [0, 0.1) is 0 Å². The molecule has 0 radical (unpaired) electrons. The van der Waals surface area contributed by atoms with Crippen LogP contribution in [0.4, 0.5) is 5.69 Å². The number of nitrogens with one attached hydrogen (secondary N) is 2. The van der Waals surface area contributed by atoms with Gasteiger partial charge in [0.05, 0.1) is 0 Å². The Morgan fingerprint density at radius 2 is 2.20 bits per heavy atom. The predicted octanol–water partition coefficient (Wildman–Crippen LogP) is 2.55. The van der Waals surface area contributed by atoms with E-state index >= 15 is 0 Å². The zero-order valence-electron chi connectivity index (χ0n) is 11.1. The summed E-state index contributed by atoms with van der Waals surface area (Å²) in [6.07, 6.45) is 3.63. The van der Waals surface area contributed by atoms with Gasteiger partial charge in [0.2, 0.25) is 5.91 Å². The molecular weight excluding hydrogens is 338 g/mol. The highest BCUT2D eigenvalue weighted by Gasteiger charge is 2.22. The summed E-state index contributed by atoms with van der Waals surface area (Å²) in [6.45, 7) is 0.753. The molecule has 4 nitrogen and oxygen atoms in total. The van der Waals surface area contributed by atoms with Crippen molar-refractivity contribution >= 4 is 44.7 Å². The molecule has 0 aromatic heterocycles. The second-order valence-electron chi connectivity index (χ2n) is 4.93. The Balaban J connectivity index is 1.73. The molecule has 1 aliphatic rings. The van der Waals surface area contributed by atoms with Gasteiger partial charge in [-0.3, -0.25) is 4.79 Å². The van der Waals surface area contributed by atoms with Crippen LogP contribution in [0.1, 0.15) is 31.2 Å². The van der Waals surface area contributed by atoms with Gasteiger partial charge in [-0.05, 0) is 53.4 Å². The van der Waals surface area contributed by atoms with E-state index in [2.05, 4.69) is 26.6 Å². The van der Waals surface area contributed by atoms with Crippen LogP contribution in [-0.4, -0.2) is 23.5 Å². The molecule has 2 rings (SSSR count). The maximum Gasteiger partial charge on any atom is 0.220 e. The van der Waals surface area contributed by atoms with Crippen LogP contribution < -0.4 is 16.4 Å². The molecule has 1 saturated carbocycles. The van der Waals surface area contributed by atoms with E-state index in [1.807, 2.05) is 18.2 Å². The largest absolute Gasteiger partial charge is 0.389 e. The van der Waals surface area contributed by atoms with Crippen molar-refractivity contribution in [3.8, 4) is 0 Å². The van der Waals surface area contributed by atoms with Crippen LogP contribution >= 0.6 is 28.1 Å². The quantitative estimate of drug-likeness (QED) is 0.519. The van der Waals surface area contributed by atoms with Gasteiger partial charge in [0.1, 0.15) is 4.99 Å². The third kappa shape index (κ3) is 4.76. The number of hydrogen-bond acceptors (Lipinski definition) is 3. The standard InChI is InChI=1S/C14H18BrN3OS/c15-11-8-9(14(16)20)3-6-12(11)17-7-1-2-13(19)18-10-4-5-10/h3,6,8,10,17H,1-2,4-5,7H2,(H2,16,20)(H,18,19).